The van der Waals surface area contributed by atoms with E-state index in [1.54, 1.807) is 25.5 Å². The Balaban J connectivity index is 1.57. The van der Waals surface area contributed by atoms with Crippen molar-refractivity contribution < 1.29 is 9.15 Å². The number of benzene rings is 1. The number of ether oxygens (including phenoxy) is 1. The van der Waals surface area contributed by atoms with Gasteiger partial charge in [0.1, 0.15) is 5.75 Å². The molecular formula is C19H18ClN3O3. The molecule has 7 heteroatoms. The fraction of sp³-hybridized carbons (Fsp3) is 0.263. The minimum absolute atomic E-state index is 0.0893. The molecule has 0 unspecified atom stereocenters. The van der Waals surface area contributed by atoms with Gasteiger partial charge in [0.05, 0.1) is 24.1 Å². The lowest BCUT2D eigenvalue weighted by Crippen LogP contribution is -2.35. The number of halogens is 1. The van der Waals surface area contributed by atoms with Crippen molar-refractivity contribution in [3.05, 3.63) is 68.8 Å². The number of nitrogens with zero attached hydrogens (tertiary/aromatic N) is 2. The van der Waals surface area contributed by atoms with Crippen LogP contribution in [0.3, 0.4) is 0 Å². The van der Waals surface area contributed by atoms with Gasteiger partial charge in [-0.15, -0.1) is 0 Å². The molecule has 0 saturated heterocycles. The van der Waals surface area contributed by atoms with E-state index in [-0.39, 0.29) is 5.56 Å². The number of hydrogen-bond donors (Lipinski definition) is 1. The highest BCUT2D eigenvalue weighted by Crippen LogP contribution is 2.26. The van der Waals surface area contributed by atoms with Crippen molar-refractivity contribution in [3.8, 4) is 17.3 Å². The summed E-state index contributed by atoms with van der Waals surface area (Å²) in [5.41, 5.74) is 2.55. The first-order chi connectivity index (χ1) is 12.6. The lowest BCUT2D eigenvalue weighted by molar-refractivity contribution is 0.240. The van der Waals surface area contributed by atoms with Gasteiger partial charge in [-0.3, -0.25) is 9.69 Å². The van der Waals surface area contributed by atoms with Crippen LogP contribution in [0.1, 0.15) is 16.8 Å². The molecule has 6 nitrogen and oxygen atoms in total. The number of methoxy groups -OCH3 is 1. The van der Waals surface area contributed by atoms with Crippen LogP contribution in [-0.4, -0.2) is 28.5 Å². The molecule has 134 valence electrons. The summed E-state index contributed by atoms with van der Waals surface area (Å²) in [5, 5.41) is 0.595. The number of aromatic amines is 1. The number of fused-ring (bicyclic) bond motifs is 1. The second kappa shape index (κ2) is 6.97. The fourth-order valence-corrected chi connectivity index (χ4v) is 3.51. The Morgan fingerprint density at radius 1 is 1.38 bits per heavy atom. The molecule has 1 aliphatic heterocycles. The average Bonchev–Trinajstić information content (AvgIpc) is 3.16. The van der Waals surface area contributed by atoms with Gasteiger partial charge in [-0.25, -0.2) is 4.98 Å². The van der Waals surface area contributed by atoms with Crippen molar-refractivity contribution in [2.45, 2.75) is 19.5 Å². The molecule has 1 N–H and O–H groups in total. The van der Waals surface area contributed by atoms with Crippen LogP contribution in [0.5, 0.6) is 5.75 Å². The molecule has 0 radical (unpaired) electrons. The molecule has 0 atom stereocenters. The highest BCUT2D eigenvalue weighted by Gasteiger charge is 2.22. The van der Waals surface area contributed by atoms with Gasteiger partial charge >= 0.3 is 0 Å². The highest BCUT2D eigenvalue weighted by molar-refractivity contribution is 6.32. The Morgan fingerprint density at radius 2 is 2.27 bits per heavy atom. The summed E-state index contributed by atoms with van der Waals surface area (Å²) in [5.74, 6) is 1.69. The van der Waals surface area contributed by atoms with E-state index < -0.39 is 0 Å². The zero-order valence-electron chi connectivity index (χ0n) is 14.3. The molecule has 3 heterocycles. The van der Waals surface area contributed by atoms with E-state index in [0.29, 0.717) is 35.3 Å². The van der Waals surface area contributed by atoms with Crippen LogP contribution in [0.25, 0.3) is 11.6 Å². The third-order valence-electron chi connectivity index (χ3n) is 4.53. The third-order valence-corrected chi connectivity index (χ3v) is 4.82. The SMILES string of the molecule is COc1ccc(CN2CCc3c(nc(-c4ccco4)[nH]c3=O)C2)cc1Cl. The van der Waals surface area contributed by atoms with Gasteiger partial charge in [0.2, 0.25) is 0 Å². The topological polar surface area (TPSA) is 71.4 Å². The van der Waals surface area contributed by atoms with Crippen LogP contribution in [0, 0.1) is 0 Å². The number of H-pyrrole nitrogens is 1. The normalized spacial score (nSPS) is 14.2. The van der Waals surface area contributed by atoms with Crippen molar-refractivity contribution in [3.63, 3.8) is 0 Å². The summed E-state index contributed by atoms with van der Waals surface area (Å²) < 4.78 is 10.5. The molecular weight excluding hydrogens is 354 g/mol. The number of hydrogen-bond acceptors (Lipinski definition) is 5. The standard InChI is InChI=1S/C19H18ClN3O3/c1-25-16-5-4-12(9-14(16)20)10-23-7-6-13-15(11-23)21-18(22-19(13)24)17-3-2-8-26-17/h2-5,8-9H,6-7,10-11H2,1H3,(H,21,22,24). The second-order valence-electron chi connectivity index (χ2n) is 6.25. The van der Waals surface area contributed by atoms with Gasteiger partial charge in [-0.05, 0) is 36.2 Å². The van der Waals surface area contributed by atoms with E-state index in [9.17, 15) is 4.79 Å². The molecule has 0 amide bonds. The maximum atomic E-state index is 12.4. The van der Waals surface area contributed by atoms with Crippen molar-refractivity contribution >= 4 is 11.6 Å². The zero-order valence-corrected chi connectivity index (χ0v) is 15.0. The van der Waals surface area contributed by atoms with Gasteiger partial charge in [-0.2, -0.15) is 0 Å². The predicted octanol–water partition coefficient (Wildman–Crippen LogP) is 3.25. The molecule has 2 aromatic heterocycles. The van der Waals surface area contributed by atoms with E-state index in [2.05, 4.69) is 14.9 Å². The van der Waals surface area contributed by atoms with Crippen LogP contribution >= 0.6 is 11.6 Å². The van der Waals surface area contributed by atoms with Crippen LogP contribution in [0.2, 0.25) is 5.02 Å². The van der Waals surface area contributed by atoms with Gasteiger partial charge in [-0.1, -0.05) is 17.7 Å². The minimum atomic E-state index is -0.0893. The summed E-state index contributed by atoms with van der Waals surface area (Å²) in [6, 6.07) is 9.34. The van der Waals surface area contributed by atoms with Gasteiger partial charge in [0, 0.05) is 25.2 Å². The first-order valence-electron chi connectivity index (χ1n) is 8.35. The molecule has 26 heavy (non-hydrogen) atoms. The molecule has 1 aliphatic rings. The zero-order chi connectivity index (χ0) is 18.1. The molecule has 0 spiro atoms. The Morgan fingerprint density at radius 3 is 3.00 bits per heavy atom. The van der Waals surface area contributed by atoms with Gasteiger partial charge in [0.25, 0.3) is 5.56 Å². The quantitative estimate of drug-likeness (QED) is 0.762. The van der Waals surface area contributed by atoms with Crippen LogP contribution in [0.4, 0.5) is 0 Å². The van der Waals surface area contributed by atoms with Crippen LogP contribution in [0.15, 0.2) is 45.8 Å². The van der Waals surface area contributed by atoms with Crippen molar-refractivity contribution in [2.75, 3.05) is 13.7 Å². The van der Waals surface area contributed by atoms with Crippen molar-refractivity contribution in [1.82, 2.24) is 14.9 Å². The fourth-order valence-electron chi connectivity index (χ4n) is 3.23. The Bertz CT molecular complexity index is 982. The molecule has 0 saturated carbocycles. The molecule has 0 aliphatic carbocycles. The first kappa shape index (κ1) is 16.9. The maximum absolute atomic E-state index is 12.4. The number of nitrogens with one attached hydrogen (secondary N) is 1. The van der Waals surface area contributed by atoms with E-state index in [1.165, 1.54) is 0 Å². The monoisotopic (exact) mass is 371 g/mol. The van der Waals surface area contributed by atoms with Crippen LogP contribution in [-0.2, 0) is 19.5 Å². The minimum Gasteiger partial charge on any atom is -0.495 e. The lowest BCUT2D eigenvalue weighted by Gasteiger charge is -2.27. The highest BCUT2D eigenvalue weighted by atomic mass is 35.5. The Labute approximate surface area is 155 Å². The molecule has 4 rings (SSSR count). The molecule has 1 aromatic carbocycles. The summed E-state index contributed by atoms with van der Waals surface area (Å²) >= 11 is 6.22. The number of rotatable bonds is 4. The predicted molar refractivity (Wildman–Crippen MR) is 98.4 cm³/mol. The van der Waals surface area contributed by atoms with E-state index in [1.807, 2.05) is 18.2 Å². The molecule has 0 fully saturated rings. The summed E-state index contributed by atoms with van der Waals surface area (Å²) in [6.07, 6.45) is 2.23. The summed E-state index contributed by atoms with van der Waals surface area (Å²) in [4.78, 5) is 22.1. The summed E-state index contributed by atoms with van der Waals surface area (Å²) in [7, 11) is 1.60. The van der Waals surface area contributed by atoms with Gasteiger partial charge in [0.15, 0.2) is 11.6 Å². The van der Waals surface area contributed by atoms with E-state index >= 15 is 0 Å². The molecule has 0 bridgehead atoms. The Kier molecular flexibility index (Phi) is 4.53. The third kappa shape index (κ3) is 3.25. The number of aromatic nitrogens is 2. The van der Waals surface area contributed by atoms with E-state index in [0.717, 1.165) is 29.9 Å². The summed E-state index contributed by atoms with van der Waals surface area (Å²) in [6.45, 7) is 2.13. The average molecular weight is 372 g/mol. The Hall–Kier alpha value is -2.57. The van der Waals surface area contributed by atoms with Crippen molar-refractivity contribution in [2.24, 2.45) is 0 Å². The number of furan rings is 1. The molecule has 3 aromatic rings. The van der Waals surface area contributed by atoms with Crippen molar-refractivity contribution in [1.29, 1.82) is 0 Å². The maximum Gasteiger partial charge on any atom is 0.254 e. The van der Waals surface area contributed by atoms with Gasteiger partial charge < -0.3 is 14.1 Å². The van der Waals surface area contributed by atoms with Crippen LogP contribution < -0.4 is 10.3 Å². The smallest absolute Gasteiger partial charge is 0.254 e. The van der Waals surface area contributed by atoms with E-state index in [4.69, 9.17) is 20.8 Å². The second-order valence-corrected chi connectivity index (χ2v) is 6.65. The first-order valence-corrected chi connectivity index (χ1v) is 8.72. The lowest BCUT2D eigenvalue weighted by atomic mass is 10.1. The largest absolute Gasteiger partial charge is 0.495 e.